The molecule has 3 aromatic carbocycles. The molecular formula is C28H33NO5S2. The fourth-order valence-electron chi connectivity index (χ4n) is 5.37. The largest absolute Gasteiger partial charge is 0.377 e. The number of nitrogens with one attached hydrogen (secondary N) is 1. The van der Waals surface area contributed by atoms with Crippen molar-refractivity contribution in [1.29, 1.82) is 0 Å². The maximum atomic E-state index is 13.6. The van der Waals surface area contributed by atoms with Crippen molar-refractivity contribution < 1.29 is 21.9 Å². The highest BCUT2D eigenvalue weighted by Crippen LogP contribution is 2.41. The highest BCUT2D eigenvalue weighted by atomic mass is 32.2. The van der Waals surface area contributed by atoms with Crippen LogP contribution in [0.3, 0.4) is 0 Å². The molecule has 36 heavy (non-hydrogen) atoms. The van der Waals surface area contributed by atoms with Crippen LogP contribution in [0.25, 0.3) is 0 Å². The SMILES string of the molecule is Cc1cc(C)c(S(=O)(=O)NC2c3ccccc3C[C@@H]2C(CCOCc2ccccc2)S(=O)O)c(C)c1. The molecule has 1 aliphatic rings. The van der Waals surface area contributed by atoms with E-state index in [2.05, 4.69) is 4.72 Å². The predicted molar refractivity (Wildman–Crippen MR) is 143 cm³/mol. The standard InChI is InChI=1S/C28H33NO5S2/c1-19-15-20(2)28(21(3)16-19)36(32,33)29-27-24-12-8-7-11-23(24)17-25(27)26(35(30)31)13-14-34-18-22-9-5-4-6-10-22/h4-12,15-16,25-27,29H,13-14,17-18H2,1-3H3,(H,30,31)/t25-,26?,27?/m1/s1. The van der Waals surface area contributed by atoms with Crippen molar-refractivity contribution in [2.24, 2.45) is 5.92 Å². The average Bonchev–Trinajstić information content (AvgIpc) is 3.16. The van der Waals surface area contributed by atoms with Crippen LogP contribution < -0.4 is 4.72 Å². The van der Waals surface area contributed by atoms with E-state index in [0.717, 1.165) is 22.3 Å². The van der Waals surface area contributed by atoms with Crippen LogP contribution in [0.15, 0.2) is 71.6 Å². The Morgan fingerprint density at radius 3 is 2.33 bits per heavy atom. The predicted octanol–water partition coefficient (Wildman–Crippen LogP) is 5.00. The van der Waals surface area contributed by atoms with Gasteiger partial charge in [0.2, 0.25) is 10.0 Å². The van der Waals surface area contributed by atoms with Gasteiger partial charge in [0.05, 0.1) is 22.8 Å². The Balaban J connectivity index is 1.58. The summed E-state index contributed by atoms with van der Waals surface area (Å²) in [5, 5.41) is -0.652. The van der Waals surface area contributed by atoms with Crippen molar-refractivity contribution in [1.82, 2.24) is 4.72 Å². The molecule has 8 heteroatoms. The number of hydrogen-bond donors (Lipinski definition) is 2. The Kier molecular flexibility index (Phi) is 8.42. The monoisotopic (exact) mass is 527 g/mol. The van der Waals surface area contributed by atoms with Gasteiger partial charge in [-0.15, -0.1) is 0 Å². The molecule has 1 aliphatic carbocycles. The van der Waals surface area contributed by atoms with Gasteiger partial charge in [-0.25, -0.2) is 17.3 Å². The highest BCUT2D eigenvalue weighted by Gasteiger charge is 2.42. The summed E-state index contributed by atoms with van der Waals surface area (Å²) < 4.78 is 58.7. The van der Waals surface area contributed by atoms with Gasteiger partial charge in [0.1, 0.15) is 0 Å². The minimum absolute atomic E-state index is 0.268. The van der Waals surface area contributed by atoms with Gasteiger partial charge in [-0.1, -0.05) is 72.3 Å². The van der Waals surface area contributed by atoms with Crippen molar-refractivity contribution in [3.63, 3.8) is 0 Å². The molecule has 0 aliphatic heterocycles. The number of benzene rings is 3. The van der Waals surface area contributed by atoms with Gasteiger partial charge >= 0.3 is 0 Å². The van der Waals surface area contributed by atoms with E-state index >= 15 is 0 Å². The quantitative estimate of drug-likeness (QED) is 0.286. The van der Waals surface area contributed by atoms with Gasteiger partial charge in [-0.05, 0) is 61.4 Å². The van der Waals surface area contributed by atoms with Crippen molar-refractivity contribution in [2.45, 2.75) is 56.4 Å². The molecule has 4 rings (SSSR count). The minimum atomic E-state index is -3.88. The van der Waals surface area contributed by atoms with E-state index in [1.54, 1.807) is 13.8 Å². The Bertz CT molecular complexity index is 1320. The molecule has 0 saturated carbocycles. The summed E-state index contributed by atoms with van der Waals surface area (Å²) in [6.07, 6.45) is 0.861. The Labute approximate surface area is 216 Å². The molecular weight excluding hydrogens is 494 g/mol. The van der Waals surface area contributed by atoms with Crippen LogP contribution >= 0.6 is 0 Å². The second kappa shape index (κ2) is 11.4. The van der Waals surface area contributed by atoms with E-state index in [-0.39, 0.29) is 10.8 Å². The summed E-state index contributed by atoms with van der Waals surface area (Å²) in [6.45, 7) is 6.25. The van der Waals surface area contributed by atoms with Crippen molar-refractivity contribution >= 4 is 21.1 Å². The van der Waals surface area contributed by atoms with Gasteiger partial charge in [0.15, 0.2) is 11.1 Å². The summed E-state index contributed by atoms with van der Waals surface area (Å²) in [5.41, 5.74) is 5.24. The summed E-state index contributed by atoms with van der Waals surface area (Å²) in [4.78, 5) is 0.268. The van der Waals surface area contributed by atoms with Crippen LogP contribution in [0, 0.1) is 26.7 Å². The van der Waals surface area contributed by atoms with E-state index in [1.165, 1.54) is 0 Å². The Morgan fingerprint density at radius 2 is 1.67 bits per heavy atom. The third kappa shape index (κ3) is 5.95. The van der Waals surface area contributed by atoms with E-state index in [4.69, 9.17) is 4.74 Å². The molecule has 0 heterocycles. The lowest BCUT2D eigenvalue weighted by atomic mass is 9.95. The van der Waals surface area contributed by atoms with Gasteiger partial charge in [0.25, 0.3) is 0 Å². The molecule has 0 fully saturated rings. The van der Waals surface area contributed by atoms with Crippen molar-refractivity contribution in [3.8, 4) is 0 Å². The second-order valence-electron chi connectivity index (χ2n) is 9.54. The molecule has 192 valence electrons. The molecule has 4 atom stereocenters. The zero-order valence-corrected chi connectivity index (χ0v) is 22.4. The first-order chi connectivity index (χ1) is 17.2. The molecule has 2 N–H and O–H groups in total. The smallest absolute Gasteiger partial charge is 0.241 e. The van der Waals surface area contributed by atoms with Gasteiger partial charge in [-0.3, -0.25) is 0 Å². The first-order valence-electron chi connectivity index (χ1n) is 12.1. The minimum Gasteiger partial charge on any atom is -0.377 e. The van der Waals surface area contributed by atoms with Crippen LogP contribution in [0.1, 0.15) is 45.8 Å². The number of ether oxygens (including phenoxy) is 1. The lowest BCUT2D eigenvalue weighted by molar-refractivity contribution is 0.113. The number of rotatable bonds is 10. The molecule has 0 aromatic heterocycles. The first-order valence-corrected chi connectivity index (χ1v) is 14.7. The Morgan fingerprint density at radius 1 is 1.03 bits per heavy atom. The lowest BCUT2D eigenvalue weighted by Crippen LogP contribution is -2.39. The third-order valence-corrected chi connectivity index (χ3v) is 9.67. The Hall–Kier alpha value is -2.36. The fraction of sp³-hybridized carbons (Fsp3) is 0.357. The third-order valence-electron chi connectivity index (χ3n) is 6.82. The van der Waals surface area contributed by atoms with E-state index in [0.29, 0.717) is 37.2 Å². The normalized spacial score (nSPS) is 19.1. The van der Waals surface area contributed by atoms with Crippen LogP contribution in [-0.2, 0) is 38.9 Å². The summed E-state index contributed by atoms with van der Waals surface area (Å²) in [5.74, 6) is -0.380. The number of aryl methyl sites for hydroxylation is 3. The number of hydrogen-bond acceptors (Lipinski definition) is 4. The molecule has 0 spiro atoms. The second-order valence-corrected chi connectivity index (χ2v) is 12.3. The molecule has 0 bridgehead atoms. The molecule has 0 radical (unpaired) electrons. The van der Waals surface area contributed by atoms with Gasteiger partial charge in [0, 0.05) is 12.5 Å². The van der Waals surface area contributed by atoms with E-state index in [1.807, 2.05) is 73.7 Å². The maximum Gasteiger partial charge on any atom is 0.241 e. The van der Waals surface area contributed by atoms with Crippen LogP contribution in [0.2, 0.25) is 0 Å². The van der Waals surface area contributed by atoms with Crippen molar-refractivity contribution in [2.75, 3.05) is 6.61 Å². The average molecular weight is 528 g/mol. The van der Waals surface area contributed by atoms with Gasteiger partial charge in [-0.2, -0.15) is 0 Å². The molecule has 3 aromatic rings. The van der Waals surface area contributed by atoms with E-state index in [9.17, 15) is 17.2 Å². The number of fused-ring (bicyclic) bond motifs is 1. The summed E-state index contributed by atoms with van der Waals surface area (Å²) >= 11 is -2.15. The van der Waals surface area contributed by atoms with Gasteiger partial charge < -0.3 is 9.29 Å². The fourth-order valence-corrected chi connectivity index (χ4v) is 7.94. The zero-order valence-electron chi connectivity index (χ0n) is 20.8. The molecule has 0 amide bonds. The van der Waals surface area contributed by atoms with Crippen LogP contribution in [0.4, 0.5) is 0 Å². The number of sulfonamides is 1. The molecule has 0 saturated heterocycles. The summed E-state index contributed by atoms with van der Waals surface area (Å²) in [7, 11) is -3.88. The highest BCUT2D eigenvalue weighted by molar-refractivity contribution is 7.89. The maximum absolute atomic E-state index is 13.6. The summed E-state index contributed by atoms with van der Waals surface area (Å²) in [6, 6.07) is 20.5. The molecule has 3 unspecified atom stereocenters. The van der Waals surface area contributed by atoms with Crippen LogP contribution in [0.5, 0.6) is 0 Å². The molecule has 6 nitrogen and oxygen atoms in total. The van der Waals surface area contributed by atoms with Crippen LogP contribution in [-0.4, -0.2) is 29.0 Å². The van der Waals surface area contributed by atoms with Crippen molar-refractivity contribution in [3.05, 3.63) is 100 Å². The lowest BCUT2D eigenvalue weighted by Gasteiger charge is -2.28. The van der Waals surface area contributed by atoms with E-state index < -0.39 is 32.4 Å². The topological polar surface area (TPSA) is 92.7 Å². The zero-order chi connectivity index (χ0) is 25.9. The first kappa shape index (κ1) is 26.7.